The lowest BCUT2D eigenvalue weighted by Crippen LogP contribution is -2.48. The topological polar surface area (TPSA) is 69.7 Å². The molecular weight excluding hydrogens is 356 g/mol. The van der Waals surface area contributed by atoms with Gasteiger partial charge in [0.25, 0.3) is 0 Å². The predicted molar refractivity (Wildman–Crippen MR) is 102 cm³/mol. The average molecular weight is 382 g/mol. The number of hydrogen-bond donors (Lipinski definition) is 0. The van der Waals surface area contributed by atoms with Crippen molar-refractivity contribution in [3.8, 4) is 0 Å². The Morgan fingerprint density at radius 3 is 2.21 bits per heavy atom. The number of carbonyl (C=O) groups excluding carboxylic acids is 3. The molecule has 0 aliphatic heterocycles. The third kappa shape index (κ3) is 3.38. The number of fused-ring (bicyclic) bond motifs is 1. The maximum Gasteiger partial charge on any atom is 0.310 e. The van der Waals surface area contributed by atoms with E-state index in [1.165, 1.54) is 0 Å². The lowest BCUT2D eigenvalue weighted by atomic mass is 9.62. The maximum atomic E-state index is 12.9. The second kappa shape index (κ2) is 7.53. The van der Waals surface area contributed by atoms with Crippen LogP contribution in [0.5, 0.6) is 0 Å². The number of carbonyl (C=O) groups is 3. The third-order valence-electron chi connectivity index (χ3n) is 6.53. The van der Waals surface area contributed by atoms with E-state index in [1.54, 1.807) is 24.3 Å². The molecule has 2 bridgehead atoms. The molecule has 5 rings (SSSR count). The number of ketones is 1. The van der Waals surface area contributed by atoms with Gasteiger partial charge < -0.3 is 9.47 Å². The van der Waals surface area contributed by atoms with Gasteiger partial charge in [-0.15, -0.1) is 0 Å². The molecule has 5 heteroatoms. The minimum absolute atomic E-state index is 0.00353. The summed E-state index contributed by atoms with van der Waals surface area (Å²) in [6, 6.07) is 8.76. The van der Waals surface area contributed by atoms with Crippen molar-refractivity contribution >= 4 is 17.7 Å². The Bertz CT molecular complexity index is 798. The first-order valence-electron chi connectivity index (χ1n) is 10.1. The summed E-state index contributed by atoms with van der Waals surface area (Å²) in [4.78, 5) is 38.1. The molecule has 0 radical (unpaired) electrons. The van der Waals surface area contributed by atoms with Gasteiger partial charge in [0.2, 0.25) is 0 Å². The molecule has 4 aliphatic rings. The van der Waals surface area contributed by atoms with Crippen LogP contribution in [-0.2, 0) is 19.1 Å². The van der Waals surface area contributed by atoms with E-state index in [-0.39, 0.29) is 36.3 Å². The first-order valence-corrected chi connectivity index (χ1v) is 10.1. The van der Waals surface area contributed by atoms with Crippen LogP contribution in [0.15, 0.2) is 42.5 Å². The highest BCUT2D eigenvalue weighted by atomic mass is 16.5. The molecule has 0 N–H and O–H groups in total. The molecule has 0 unspecified atom stereocenters. The zero-order valence-corrected chi connectivity index (χ0v) is 16.2. The van der Waals surface area contributed by atoms with Crippen LogP contribution < -0.4 is 0 Å². The van der Waals surface area contributed by atoms with Crippen LogP contribution in [-0.4, -0.2) is 30.4 Å². The first kappa shape index (κ1) is 18.9. The summed E-state index contributed by atoms with van der Waals surface area (Å²) in [6.45, 7) is 3.52. The molecule has 28 heavy (non-hydrogen) atoms. The molecule has 0 spiro atoms. The molecule has 2 fully saturated rings. The Morgan fingerprint density at radius 2 is 1.61 bits per heavy atom. The molecule has 0 aromatic heterocycles. The van der Waals surface area contributed by atoms with E-state index in [0.29, 0.717) is 17.4 Å². The van der Waals surface area contributed by atoms with E-state index in [0.717, 1.165) is 12.8 Å². The van der Waals surface area contributed by atoms with E-state index in [2.05, 4.69) is 12.2 Å². The van der Waals surface area contributed by atoms with Crippen LogP contribution in [0.4, 0.5) is 0 Å². The number of allylic oxidation sites excluding steroid dienone is 2. The second-order valence-corrected chi connectivity index (χ2v) is 8.21. The van der Waals surface area contributed by atoms with E-state index in [1.807, 2.05) is 19.9 Å². The second-order valence-electron chi connectivity index (χ2n) is 8.21. The lowest BCUT2D eigenvalue weighted by Gasteiger charge is -2.42. The normalized spacial score (nSPS) is 32.9. The van der Waals surface area contributed by atoms with Gasteiger partial charge in [-0.2, -0.15) is 0 Å². The van der Waals surface area contributed by atoms with Gasteiger partial charge in [-0.25, -0.2) is 0 Å². The zero-order chi connectivity index (χ0) is 19.8. The van der Waals surface area contributed by atoms with E-state index >= 15 is 0 Å². The minimum Gasteiger partial charge on any atom is -0.462 e. The van der Waals surface area contributed by atoms with Crippen molar-refractivity contribution in [2.75, 3.05) is 6.61 Å². The SMILES string of the molecule is CC[C@@H](C)OC(=O)[C@@H]1[C@@H]2C=C[C@@H]([C@@H]3C[C@H]23)[C@@H]1C(=O)OCC(=O)c1ccccc1. The summed E-state index contributed by atoms with van der Waals surface area (Å²) in [7, 11) is 0. The van der Waals surface area contributed by atoms with E-state index < -0.39 is 17.8 Å². The van der Waals surface area contributed by atoms with E-state index in [4.69, 9.17) is 9.47 Å². The molecule has 1 aromatic carbocycles. The Labute approximate surface area is 165 Å². The molecule has 2 saturated carbocycles. The summed E-state index contributed by atoms with van der Waals surface area (Å²) < 4.78 is 11.0. The van der Waals surface area contributed by atoms with Crippen molar-refractivity contribution in [1.82, 2.24) is 0 Å². The van der Waals surface area contributed by atoms with Crippen LogP contribution >= 0.6 is 0 Å². The lowest BCUT2D eigenvalue weighted by molar-refractivity contribution is -0.170. The smallest absolute Gasteiger partial charge is 0.310 e. The van der Waals surface area contributed by atoms with Crippen LogP contribution in [0, 0.1) is 35.5 Å². The fourth-order valence-electron chi connectivity index (χ4n) is 4.82. The molecular formula is C23H26O5. The van der Waals surface area contributed by atoms with Crippen LogP contribution in [0.2, 0.25) is 0 Å². The molecule has 0 amide bonds. The summed E-state index contributed by atoms with van der Waals surface area (Å²) in [5, 5.41) is 0. The van der Waals surface area contributed by atoms with Gasteiger partial charge in [0.1, 0.15) is 0 Å². The monoisotopic (exact) mass is 382 g/mol. The largest absolute Gasteiger partial charge is 0.462 e. The molecule has 0 heterocycles. The van der Waals surface area contributed by atoms with Crippen molar-refractivity contribution in [3.05, 3.63) is 48.0 Å². The zero-order valence-electron chi connectivity index (χ0n) is 16.2. The Kier molecular flexibility index (Phi) is 5.09. The Morgan fingerprint density at radius 1 is 1.00 bits per heavy atom. The number of ether oxygens (including phenoxy) is 2. The molecule has 7 atom stereocenters. The fraction of sp³-hybridized carbons (Fsp3) is 0.522. The highest BCUT2D eigenvalue weighted by Gasteiger charge is 2.63. The van der Waals surface area contributed by atoms with Crippen molar-refractivity contribution in [1.29, 1.82) is 0 Å². The van der Waals surface area contributed by atoms with Gasteiger partial charge >= 0.3 is 11.9 Å². The molecule has 1 aromatic rings. The predicted octanol–water partition coefficient (Wildman–Crippen LogP) is 3.44. The summed E-state index contributed by atoms with van der Waals surface area (Å²) >= 11 is 0. The van der Waals surface area contributed by atoms with Gasteiger partial charge in [0.15, 0.2) is 12.4 Å². The van der Waals surface area contributed by atoms with Gasteiger partial charge in [0.05, 0.1) is 17.9 Å². The highest BCUT2D eigenvalue weighted by Crippen LogP contribution is 2.63. The van der Waals surface area contributed by atoms with Crippen LogP contribution in [0.1, 0.15) is 37.0 Å². The van der Waals surface area contributed by atoms with Crippen LogP contribution in [0.25, 0.3) is 0 Å². The van der Waals surface area contributed by atoms with Crippen molar-refractivity contribution in [2.45, 2.75) is 32.8 Å². The van der Waals surface area contributed by atoms with Crippen molar-refractivity contribution in [2.24, 2.45) is 35.5 Å². The van der Waals surface area contributed by atoms with Gasteiger partial charge in [-0.1, -0.05) is 49.4 Å². The number of benzene rings is 1. The van der Waals surface area contributed by atoms with Crippen LogP contribution in [0.3, 0.4) is 0 Å². The minimum atomic E-state index is -0.557. The first-order chi connectivity index (χ1) is 13.5. The molecule has 148 valence electrons. The Balaban J connectivity index is 1.47. The van der Waals surface area contributed by atoms with Gasteiger partial charge in [-0.05, 0) is 43.4 Å². The summed E-state index contributed by atoms with van der Waals surface area (Å²) in [6.07, 6.45) is 5.75. The summed E-state index contributed by atoms with van der Waals surface area (Å²) in [5.74, 6) is -1.11. The summed E-state index contributed by atoms with van der Waals surface area (Å²) in [5.41, 5.74) is 0.510. The third-order valence-corrected chi connectivity index (χ3v) is 6.53. The van der Waals surface area contributed by atoms with Gasteiger partial charge in [-0.3, -0.25) is 14.4 Å². The quantitative estimate of drug-likeness (QED) is 0.410. The van der Waals surface area contributed by atoms with Gasteiger partial charge in [0, 0.05) is 5.56 Å². The number of rotatable bonds is 7. The van der Waals surface area contributed by atoms with Crippen molar-refractivity contribution < 1.29 is 23.9 Å². The van der Waals surface area contributed by atoms with Crippen molar-refractivity contribution in [3.63, 3.8) is 0 Å². The Hall–Kier alpha value is -2.43. The molecule has 5 nitrogen and oxygen atoms in total. The highest BCUT2D eigenvalue weighted by molar-refractivity contribution is 5.98. The maximum absolute atomic E-state index is 12.9. The number of hydrogen-bond acceptors (Lipinski definition) is 5. The molecule has 0 saturated heterocycles. The fourth-order valence-corrected chi connectivity index (χ4v) is 4.82. The number of esters is 2. The number of Topliss-reactive ketones (excluding diaryl/α,β-unsaturated/α-hetero) is 1. The average Bonchev–Trinajstić information content (AvgIpc) is 3.54. The standard InChI is InChI=1S/C23H26O5/c1-3-13(2)28-23(26)21-16-10-9-15(17-11-18(16)17)20(21)22(25)27-12-19(24)14-7-5-4-6-8-14/h4-10,13,15-18,20-21H,3,11-12H2,1-2H3/t13-,15+,16-,17+,18-,20+,21-/m1/s1. The van der Waals surface area contributed by atoms with E-state index in [9.17, 15) is 14.4 Å². The molecule has 4 aliphatic carbocycles.